The van der Waals surface area contributed by atoms with Crippen molar-refractivity contribution in [3.8, 4) is 11.5 Å². The van der Waals surface area contributed by atoms with Crippen molar-refractivity contribution in [1.82, 2.24) is 14.9 Å². The highest BCUT2D eigenvalue weighted by molar-refractivity contribution is 5.99. The lowest BCUT2D eigenvalue weighted by Crippen LogP contribution is -2.31. The smallest absolute Gasteiger partial charge is 0.250 e. The maximum absolute atomic E-state index is 12.6. The Hall–Kier alpha value is -3.28. The Balaban J connectivity index is 1.43. The van der Waals surface area contributed by atoms with Crippen molar-refractivity contribution in [2.75, 3.05) is 19.8 Å². The van der Waals surface area contributed by atoms with Crippen molar-refractivity contribution in [2.45, 2.75) is 20.4 Å². The van der Waals surface area contributed by atoms with Crippen molar-refractivity contribution < 1.29 is 14.3 Å². The normalized spacial score (nSPS) is 12.9. The van der Waals surface area contributed by atoms with Crippen LogP contribution in [-0.4, -0.2) is 35.2 Å². The first-order chi connectivity index (χ1) is 13.7. The number of aromatic nitrogens is 2. The third-order valence-corrected chi connectivity index (χ3v) is 4.77. The molecule has 2 aromatic carbocycles. The molecule has 4 rings (SSSR count). The van der Waals surface area contributed by atoms with Gasteiger partial charge in [0.25, 0.3) is 5.91 Å². The molecule has 1 aliphatic rings. The molecule has 0 fully saturated rings. The molecule has 0 bridgehead atoms. The number of amides is 1. The Kier molecular flexibility index (Phi) is 5.02. The lowest BCUT2D eigenvalue weighted by Gasteiger charge is -2.20. The summed E-state index contributed by atoms with van der Waals surface area (Å²) in [6, 6.07) is 13.7. The Morgan fingerprint density at radius 1 is 1.25 bits per heavy atom. The number of nitrogens with one attached hydrogen (secondary N) is 1. The summed E-state index contributed by atoms with van der Waals surface area (Å²) in [5.41, 5.74) is 3.51. The average molecular weight is 377 g/mol. The molecule has 0 unspecified atom stereocenters. The maximum atomic E-state index is 12.6. The van der Waals surface area contributed by atoms with Crippen LogP contribution in [0.4, 0.5) is 0 Å². The summed E-state index contributed by atoms with van der Waals surface area (Å²) < 4.78 is 13.5. The van der Waals surface area contributed by atoms with Crippen LogP contribution < -0.4 is 14.8 Å². The Morgan fingerprint density at radius 2 is 2.11 bits per heavy atom. The topological polar surface area (TPSA) is 65.4 Å². The molecular formula is C22H23N3O3. The van der Waals surface area contributed by atoms with E-state index < -0.39 is 0 Å². The fourth-order valence-corrected chi connectivity index (χ4v) is 3.45. The van der Waals surface area contributed by atoms with Crippen molar-refractivity contribution in [1.29, 1.82) is 0 Å². The Morgan fingerprint density at radius 3 is 2.96 bits per heavy atom. The van der Waals surface area contributed by atoms with Crippen LogP contribution in [0.1, 0.15) is 18.3 Å². The van der Waals surface area contributed by atoms with Crippen LogP contribution in [0, 0.1) is 6.92 Å². The van der Waals surface area contributed by atoms with Gasteiger partial charge in [-0.1, -0.05) is 24.3 Å². The molecule has 3 aromatic rings. The molecule has 1 aliphatic heterocycles. The second-order valence-corrected chi connectivity index (χ2v) is 6.62. The van der Waals surface area contributed by atoms with Crippen molar-refractivity contribution in [3.63, 3.8) is 0 Å². The molecular weight excluding hydrogens is 354 g/mol. The monoisotopic (exact) mass is 377 g/mol. The van der Waals surface area contributed by atoms with Crippen LogP contribution in [0.3, 0.4) is 0 Å². The molecule has 6 nitrogen and oxygen atoms in total. The molecule has 28 heavy (non-hydrogen) atoms. The van der Waals surface area contributed by atoms with Gasteiger partial charge in [0, 0.05) is 18.7 Å². The molecule has 0 spiro atoms. The van der Waals surface area contributed by atoms with Gasteiger partial charge in [0.2, 0.25) is 0 Å². The molecule has 1 aromatic heterocycles. The van der Waals surface area contributed by atoms with E-state index >= 15 is 0 Å². The SMILES string of the molecule is CCOc1cccc2c1OCC(C(=O)NCCn1c(C)nc3ccccc31)=C2. The summed E-state index contributed by atoms with van der Waals surface area (Å²) in [6.45, 7) is 5.89. The number of nitrogens with zero attached hydrogens (tertiary/aromatic N) is 2. The van der Waals surface area contributed by atoms with E-state index in [1.807, 2.05) is 62.4 Å². The van der Waals surface area contributed by atoms with Gasteiger partial charge >= 0.3 is 0 Å². The van der Waals surface area contributed by atoms with Gasteiger partial charge in [0.1, 0.15) is 12.4 Å². The third kappa shape index (κ3) is 3.45. The highest BCUT2D eigenvalue weighted by atomic mass is 16.5. The minimum Gasteiger partial charge on any atom is -0.490 e. The zero-order chi connectivity index (χ0) is 19.5. The van der Waals surface area contributed by atoms with Crippen LogP contribution in [-0.2, 0) is 11.3 Å². The quantitative estimate of drug-likeness (QED) is 0.716. The number of fused-ring (bicyclic) bond motifs is 2. The number of carbonyl (C=O) groups excluding carboxylic acids is 1. The zero-order valence-corrected chi connectivity index (χ0v) is 16.1. The van der Waals surface area contributed by atoms with E-state index in [-0.39, 0.29) is 12.5 Å². The highest BCUT2D eigenvalue weighted by Crippen LogP contribution is 2.35. The van der Waals surface area contributed by atoms with Crippen LogP contribution in [0.25, 0.3) is 17.1 Å². The van der Waals surface area contributed by atoms with Gasteiger partial charge in [0.15, 0.2) is 11.5 Å². The van der Waals surface area contributed by atoms with E-state index in [0.717, 1.165) is 22.4 Å². The minimum absolute atomic E-state index is 0.116. The number of hydrogen-bond acceptors (Lipinski definition) is 4. The predicted molar refractivity (Wildman–Crippen MR) is 109 cm³/mol. The fraction of sp³-hybridized carbons (Fsp3) is 0.273. The lowest BCUT2D eigenvalue weighted by molar-refractivity contribution is -0.117. The first kappa shape index (κ1) is 18.1. The fourth-order valence-electron chi connectivity index (χ4n) is 3.45. The second-order valence-electron chi connectivity index (χ2n) is 6.62. The zero-order valence-electron chi connectivity index (χ0n) is 16.1. The van der Waals surface area contributed by atoms with Crippen LogP contribution in [0.5, 0.6) is 11.5 Å². The van der Waals surface area contributed by atoms with Gasteiger partial charge in [0.05, 0.1) is 23.2 Å². The first-order valence-electron chi connectivity index (χ1n) is 9.46. The van der Waals surface area contributed by atoms with E-state index in [2.05, 4.69) is 14.9 Å². The third-order valence-electron chi connectivity index (χ3n) is 4.77. The number of hydrogen-bond donors (Lipinski definition) is 1. The van der Waals surface area contributed by atoms with E-state index in [0.29, 0.717) is 36.8 Å². The molecule has 0 saturated heterocycles. The standard InChI is InChI=1S/C22H23N3O3/c1-3-27-20-10-6-7-16-13-17(14-28-21(16)20)22(26)23-11-12-25-15(2)24-18-8-4-5-9-19(18)25/h4-10,13H,3,11-12,14H2,1-2H3,(H,23,26). The summed E-state index contributed by atoms with van der Waals surface area (Å²) in [6.07, 6.45) is 1.87. The van der Waals surface area contributed by atoms with Crippen LogP contribution >= 0.6 is 0 Å². The summed E-state index contributed by atoms with van der Waals surface area (Å²) in [5.74, 6) is 2.22. The second kappa shape index (κ2) is 7.76. The number of carbonyl (C=O) groups is 1. The van der Waals surface area contributed by atoms with E-state index in [1.54, 1.807) is 0 Å². The maximum Gasteiger partial charge on any atom is 0.250 e. The number of benzene rings is 2. The molecule has 0 aliphatic carbocycles. The molecule has 6 heteroatoms. The summed E-state index contributed by atoms with van der Waals surface area (Å²) >= 11 is 0. The molecule has 0 saturated carbocycles. The van der Waals surface area contributed by atoms with E-state index in [9.17, 15) is 4.79 Å². The predicted octanol–water partition coefficient (Wildman–Crippen LogP) is 3.34. The number of ether oxygens (including phenoxy) is 2. The molecule has 1 N–H and O–H groups in total. The minimum atomic E-state index is -0.116. The van der Waals surface area contributed by atoms with Gasteiger partial charge in [-0.05, 0) is 38.1 Å². The largest absolute Gasteiger partial charge is 0.490 e. The van der Waals surface area contributed by atoms with Crippen LogP contribution in [0.2, 0.25) is 0 Å². The number of para-hydroxylation sites is 3. The van der Waals surface area contributed by atoms with Gasteiger partial charge < -0.3 is 19.4 Å². The number of rotatable bonds is 6. The van der Waals surface area contributed by atoms with Gasteiger partial charge in [-0.15, -0.1) is 0 Å². The highest BCUT2D eigenvalue weighted by Gasteiger charge is 2.20. The number of aryl methyl sites for hydroxylation is 1. The molecule has 144 valence electrons. The molecule has 0 radical (unpaired) electrons. The molecule has 0 atom stereocenters. The van der Waals surface area contributed by atoms with Crippen molar-refractivity contribution >= 4 is 23.0 Å². The Bertz CT molecular complexity index is 1050. The van der Waals surface area contributed by atoms with Crippen molar-refractivity contribution in [3.05, 3.63) is 59.4 Å². The van der Waals surface area contributed by atoms with Crippen molar-refractivity contribution in [2.24, 2.45) is 0 Å². The lowest BCUT2D eigenvalue weighted by atomic mass is 10.1. The van der Waals surface area contributed by atoms with Gasteiger partial charge in [-0.2, -0.15) is 0 Å². The average Bonchev–Trinajstić information content (AvgIpc) is 3.03. The molecule has 1 amide bonds. The number of imidazole rings is 1. The Labute approximate surface area is 163 Å². The first-order valence-corrected chi connectivity index (χ1v) is 9.46. The summed E-state index contributed by atoms with van der Waals surface area (Å²) in [7, 11) is 0. The van der Waals surface area contributed by atoms with E-state index in [4.69, 9.17) is 9.47 Å². The van der Waals surface area contributed by atoms with Crippen LogP contribution in [0.15, 0.2) is 48.0 Å². The molecule has 2 heterocycles. The summed E-state index contributed by atoms with van der Waals surface area (Å²) in [4.78, 5) is 17.1. The van der Waals surface area contributed by atoms with Gasteiger partial charge in [-0.3, -0.25) is 4.79 Å². The van der Waals surface area contributed by atoms with E-state index in [1.165, 1.54) is 0 Å². The summed E-state index contributed by atoms with van der Waals surface area (Å²) in [5, 5.41) is 2.99. The van der Waals surface area contributed by atoms with Gasteiger partial charge in [-0.25, -0.2) is 4.98 Å².